The van der Waals surface area contributed by atoms with E-state index in [1.807, 2.05) is 87.5 Å². The Labute approximate surface area is 305 Å². The quantitative estimate of drug-likeness (QED) is 0.144. The first-order valence-electron chi connectivity index (χ1n) is 16.6. The van der Waals surface area contributed by atoms with E-state index in [1.54, 1.807) is 12.4 Å². The number of anilines is 4. The van der Waals surface area contributed by atoms with E-state index < -0.39 is 0 Å². The minimum Gasteiger partial charge on any atom is -0.339 e. The van der Waals surface area contributed by atoms with E-state index in [0.29, 0.717) is 44.3 Å². The van der Waals surface area contributed by atoms with Gasteiger partial charge in [0.2, 0.25) is 5.13 Å². The Morgan fingerprint density at radius 2 is 1.38 bits per heavy atom. The van der Waals surface area contributed by atoms with Crippen molar-refractivity contribution in [2.45, 2.75) is 34.6 Å². The Hall–Kier alpha value is -6.64. The van der Waals surface area contributed by atoms with Crippen molar-refractivity contribution in [1.82, 2.24) is 15.0 Å². The van der Waals surface area contributed by atoms with Gasteiger partial charge in [0, 0.05) is 34.9 Å². The molecule has 254 valence electrons. The third-order valence-electron chi connectivity index (χ3n) is 8.59. The van der Waals surface area contributed by atoms with E-state index in [9.17, 15) is 5.26 Å². The number of rotatable bonds is 9. The third-order valence-corrected chi connectivity index (χ3v) is 9.41. The van der Waals surface area contributed by atoms with Crippen LogP contribution in [0.4, 0.5) is 44.5 Å². The van der Waals surface area contributed by atoms with Crippen LogP contribution >= 0.6 is 11.3 Å². The molecular formula is C41H34N10S. The number of nitrogens with one attached hydrogen (secondary N) is 2. The van der Waals surface area contributed by atoms with Crippen molar-refractivity contribution in [3.05, 3.63) is 137 Å². The number of aryl methyl sites for hydroxylation is 4. The van der Waals surface area contributed by atoms with E-state index in [2.05, 4.69) is 80.3 Å². The fraction of sp³-hybridized carbons (Fsp3) is 0.122. The SMILES string of the molecule is Cc1ccc(Nc2nc(Nc3ccc(C)cc3)c(N=Nc3nc(-c4cccnc4)c(N=Nc4cc(C)c5cccc(C)c5c4)s3)c(C)c2C#N)cc1. The zero-order chi connectivity index (χ0) is 36.2. The number of hydrogen-bond acceptors (Lipinski definition) is 11. The van der Waals surface area contributed by atoms with E-state index in [-0.39, 0.29) is 0 Å². The molecule has 0 fully saturated rings. The first-order chi connectivity index (χ1) is 25.2. The van der Waals surface area contributed by atoms with Crippen molar-refractivity contribution in [2.24, 2.45) is 20.5 Å². The second-order valence-corrected chi connectivity index (χ2v) is 13.4. The van der Waals surface area contributed by atoms with Crippen LogP contribution in [-0.2, 0) is 0 Å². The lowest BCUT2D eigenvalue weighted by molar-refractivity contribution is 1.15. The molecular weight excluding hydrogens is 665 g/mol. The first-order valence-corrected chi connectivity index (χ1v) is 17.4. The van der Waals surface area contributed by atoms with Gasteiger partial charge in [-0.3, -0.25) is 4.98 Å². The summed E-state index contributed by atoms with van der Waals surface area (Å²) in [7, 11) is 0. The number of aromatic nitrogens is 3. The van der Waals surface area contributed by atoms with Gasteiger partial charge in [-0.2, -0.15) is 5.26 Å². The highest BCUT2D eigenvalue weighted by molar-refractivity contribution is 7.19. The van der Waals surface area contributed by atoms with Gasteiger partial charge in [-0.05, 0) is 105 Å². The molecule has 0 saturated heterocycles. The Balaban J connectivity index is 1.29. The molecule has 3 aromatic heterocycles. The van der Waals surface area contributed by atoms with Crippen molar-refractivity contribution in [1.29, 1.82) is 5.26 Å². The molecule has 0 aliphatic carbocycles. The lowest BCUT2D eigenvalue weighted by Crippen LogP contribution is -2.04. The summed E-state index contributed by atoms with van der Waals surface area (Å²) >= 11 is 1.26. The molecule has 52 heavy (non-hydrogen) atoms. The van der Waals surface area contributed by atoms with Crippen molar-refractivity contribution >= 4 is 66.6 Å². The maximum absolute atomic E-state index is 10.3. The average molecular weight is 699 g/mol. The van der Waals surface area contributed by atoms with Gasteiger partial charge in [-0.15, -0.1) is 20.5 Å². The molecule has 0 spiro atoms. The van der Waals surface area contributed by atoms with Gasteiger partial charge in [-0.25, -0.2) is 9.97 Å². The second kappa shape index (κ2) is 14.7. The maximum Gasteiger partial charge on any atom is 0.232 e. The molecule has 4 aromatic carbocycles. The van der Waals surface area contributed by atoms with E-state index in [4.69, 9.17) is 9.97 Å². The summed E-state index contributed by atoms with van der Waals surface area (Å²) in [6.45, 7) is 10.1. The van der Waals surface area contributed by atoms with Crippen LogP contribution in [0.15, 0.2) is 124 Å². The van der Waals surface area contributed by atoms with Crippen LogP contribution in [0.1, 0.15) is 33.4 Å². The molecule has 0 saturated carbocycles. The lowest BCUT2D eigenvalue weighted by atomic mass is 10.0. The number of pyridine rings is 2. The van der Waals surface area contributed by atoms with Gasteiger partial charge in [0.25, 0.3) is 0 Å². The van der Waals surface area contributed by atoms with Crippen molar-refractivity contribution in [2.75, 3.05) is 10.6 Å². The zero-order valence-corrected chi connectivity index (χ0v) is 30.1. The van der Waals surface area contributed by atoms with Crippen LogP contribution in [-0.4, -0.2) is 15.0 Å². The summed E-state index contributed by atoms with van der Waals surface area (Å²) in [5.74, 6) is 0.844. The minimum absolute atomic E-state index is 0.356. The van der Waals surface area contributed by atoms with E-state index in [0.717, 1.165) is 44.7 Å². The van der Waals surface area contributed by atoms with Gasteiger partial charge in [0.15, 0.2) is 16.6 Å². The number of azo groups is 2. The topological polar surface area (TPSA) is 136 Å². The van der Waals surface area contributed by atoms with Crippen LogP contribution in [0.2, 0.25) is 0 Å². The Morgan fingerprint density at radius 3 is 2.06 bits per heavy atom. The molecule has 3 heterocycles. The van der Waals surface area contributed by atoms with Crippen LogP contribution < -0.4 is 10.6 Å². The number of fused-ring (bicyclic) bond motifs is 1. The van der Waals surface area contributed by atoms with Gasteiger partial charge < -0.3 is 10.6 Å². The average Bonchev–Trinajstić information content (AvgIpc) is 3.56. The molecule has 7 aromatic rings. The lowest BCUT2D eigenvalue weighted by Gasteiger charge is -2.16. The van der Waals surface area contributed by atoms with Crippen LogP contribution in [0.25, 0.3) is 22.0 Å². The number of nitriles is 1. The van der Waals surface area contributed by atoms with Crippen molar-refractivity contribution in [3.63, 3.8) is 0 Å². The first kappa shape index (κ1) is 33.8. The van der Waals surface area contributed by atoms with Crippen molar-refractivity contribution in [3.8, 4) is 17.3 Å². The van der Waals surface area contributed by atoms with Gasteiger partial charge in [0.1, 0.15) is 17.5 Å². The fourth-order valence-corrected chi connectivity index (χ4v) is 6.47. The highest BCUT2D eigenvalue weighted by Gasteiger charge is 2.19. The molecule has 10 nitrogen and oxygen atoms in total. The largest absolute Gasteiger partial charge is 0.339 e. The molecule has 0 atom stereocenters. The predicted octanol–water partition coefficient (Wildman–Crippen LogP) is 12.5. The highest BCUT2D eigenvalue weighted by atomic mass is 32.1. The molecule has 0 aliphatic heterocycles. The molecule has 0 aliphatic rings. The Morgan fingerprint density at radius 1 is 0.673 bits per heavy atom. The van der Waals surface area contributed by atoms with E-state index in [1.165, 1.54) is 22.3 Å². The smallest absolute Gasteiger partial charge is 0.232 e. The summed E-state index contributed by atoms with van der Waals surface area (Å²) in [6.07, 6.45) is 3.44. The number of thiazole rings is 1. The summed E-state index contributed by atoms with van der Waals surface area (Å²) < 4.78 is 0. The van der Waals surface area contributed by atoms with Gasteiger partial charge in [0.05, 0.1) is 11.3 Å². The molecule has 0 radical (unpaired) electrons. The summed E-state index contributed by atoms with van der Waals surface area (Å²) in [4.78, 5) is 14.0. The van der Waals surface area contributed by atoms with Crippen LogP contribution in [0, 0.1) is 45.9 Å². The van der Waals surface area contributed by atoms with Crippen LogP contribution in [0.5, 0.6) is 0 Å². The van der Waals surface area contributed by atoms with Gasteiger partial charge in [-0.1, -0.05) is 64.9 Å². The number of hydrogen-bond donors (Lipinski definition) is 2. The molecule has 2 N–H and O–H groups in total. The third kappa shape index (κ3) is 7.28. The molecule has 0 bridgehead atoms. The molecule has 7 rings (SSSR count). The maximum atomic E-state index is 10.3. The molecule has 0 unspecified atom stereocenters. The predicted molar refractivity (Wildman–Crippen MR) is 210 cm³/mol. The second-order valence-electron chi connectivity index (χ2n) is 12.5. The van der Waals surface area contributed by atoms with Crippen LogP contribution in [0.3, 0.4) is 0 Å². The van der Waals surface area contributed by atoms with Gasteiger partial charge >= 0.3 is 0 Å². The molecule has 11 heteroatoms. The monoisotopic (exact) mass is 698 g/mol. The van der Waals surface area contributed by atoms with E-state index >= 15 is 0 Å². The number of benzene rings is 4. The fourth-order valence-electron chi connectivity index (χ4n) is 5.74. The Bertz CT molecular complexity index is 2510. The Kier molecular flexibility index (Phi) is 9.56. The summed E-state index contributed by atoms with van der Waals surface area (Å²) in [5, 5.41) is 38.8. The molecule has 0 amide bonds. The standard InChI is InChI=1S/C41H34N10S/c1-24-11-15-30(16-12-24)44-38-35(22-42)28(5)36(39(47-38)45-31-17-13-25(2)14-18-31)49-51-41-46-37(29-9-7-19-43-23-29)40(52-41)50-48-32-20-27(4)33-10-6-8-26(3)34(33)21-32/h6-21,23H,1-5H3,(H2,44,45,47). The number of nitrogens with zero attached hydrogens (tertiary/aromatic N) is 8. The zero-order valence-electron chi connectivity index (χ0n) is 29.3. The summed E-state index contributed by atoms with van der Waals surface area (Å²) in [6, 6.07) is 32.3. The normalized spacial score (nSPS) is 11.4. The highest BCUT2D eigenvalue weighted by Crippen LogP contribution is 2.42. The van der Waals surface area contributed by atoms with Crippen molar-refractivity contribution < 1.29 is 0 Å². The minimum atomic E-state index is 0.356. The summed E-state index contributed by atoms with van der Waals surface area (Å²) in [5.41, 5.74) is 9.66.